The van der Waals surface area contributed by atoms with Crippen LogP contribution in [0.3, 0.4) is 0 Å². The van der Waals surface area contributed by atoms with Gasteiger partial charge in [-0.1, -0.05) is 20.8 Å². The largest absolute Gasteiger partial charge is 0.346 e. The van der Waals surface area contributed by atoms with Gasteiger partial charge in [-0.2, -0.15) is 4.98 Å². The molecule has 0 spiro atoms. The fraction of sp³-hybridized carbons (Fsp3) is 0.647. The number of fused-ring (bicyclic) bond motifs is 3. The quantitative estimate of drug-likeness (QED) is 0.924. The highest BCUT2D eigenvalue weighted by Crippen LogP contribution is 2.65. The van der Waals surface area contributed by atoms with Crippen molar-refractivity contribution in [1.29, 1.82) is 0 Å². The van der Waals surface area contributed by atoms with Gasteiger partial charge in [-0.15, -0.1) is 5.10 Å². The molecule has 4 rings (SSSR count). The number of nitrogens with one attached hydrogen (secondary N) is 1. The molecule has 0 aliphatic heterocycles. The Hall–Kier alpha value is -1.98. The molecule has 0 radical (unpaired) electrons. The van der Waals surface area contributed by atoms with Gasteiger partial charge < -0.3 is 5.32 Å². The van der Waals surface area contributed by atoms with Crippen LogP contribution in [-0.2, 0) is 0 Å². The molecule has 3 atom stereocenters. The predicted molar refractivity (Wildman–Crippen MR) is 86.0 cm³/mol. The van der Waals surface area contributed by atoms with E-state index >= 15 is 0 Å². The third kappa shape index (κ3) is 1.87. The third-order valence-electron chi connectivity index (χ3n) is 6.73. The van der Waals surface area contributed by atoms with Gasteiger partial charge in [-0.3, -0.25) is 4.79 Å². The van der Waals surface area contributed by atoms with Gasteiger partial charge in [0.25, 0.3) is 11.7 Å². The van der Waals surface area contributed by atoms with Crippen molar-refractivity contribution < 1.29 is 4.79 Å². The van der Waals surface area contributed by atoms with Crippen LogP contribution in [0.5, 0.6) is 0 Å². The van der Waals surface area contributed by atoms with Gasteiger partial charge in [0.05, 0.1) is 0 Å². The first-order valence-electron chi connectivity index (χ1n) is 8.32. The van der Waals surface area contributed by atoms with Crippen molar-refractivity contribution in [2.75, 3.05) is 0 Å². The second-order valence-corrected chi connectivity index (χ2v) is 7.87. The lowest BCUT2D eigenvalue weighted by atomic mass is 9.69. The maximum absolute atomic E-state index is 12.6. The highest BCUT2D eigenvalue weighted by atomic mass is 16.2. The van der Waals surface area contributed by atoms with E-state index in [1.54, 1.807) is 10.7 Å². The Morgan fingerprint density at radius 2 is 2.17 bits per heavy atom. The molecule has 2 aromatic rings. The molecular formula is C17H23N5O. The standard InChI is InChI=1S/C17H23N5O/c1-10-6-8-18-15-20-13(21-22(10)15)14(23)19-12-9-11-5-7-17(12,4)16(11,2)3/h6,8,11-12H,5,7,9H2,1-4H3,(H,19,23). The zero-order chi connectivity index (χ0) is 16.4. The Labute approximate surface area is 135 Å². The minimum absolute atomic E-state index is 0.153. The van der Waals surface area contributed by atoms with Crippen LogP contribution in [0.1, 0.15) is 56.3 Å². The zero-order valence-electron chi connectivity index (χ0n) is 14.1. The molecule has 2 aromatic heterocycles. The second kappa shape index (κ2) is 4.52. The molecule has 2 aliphatic rings. The summed E-state index contributed by atoms with van der Waals surface area (Å²) in [6, 6.07) is 2.05. The summed E-state index contributed by atoms with van der Waals surface area (Å²) in [4.78, 5) is 21.1. The number of carbonyl (C=O) groups is 1. The minimum Gasteiger partial charge on any atom is -0.346 e. The van der Waals surface area contributed by atoms with Gasteiger partial charge >= 0.3 is 0 Å². The lowest BCUT2D eigenvalue weighted by Gasteiger charge is -2.39. The van der Waals surface area contributed by atoms with E-state index in [4.69, 9.17) is 0 Å². The Morgan fingerprint density at radius 1 is 1.39 bits per heavy atom. The summed E-state index contributed by atoms with van der Waals surface area (Å²) in [6.45, 7) is 8.92. The summed E-state index contributed by atoms with van der Waals surface area (Å²) in [5.74, 6) is 1.17. The van der Waals surface area contributed by atoms with Crippen LogP contribution in [0.4, 0.5) is 0 Å². The third-order valence-corrected chi connectivity index (χ3v) is 6.73. The number of hydrogen-bond acceptors (Lipinski definition) is 4. The van der Waals surface area contributed by atoms with Crippen molar-refractivity contribution in [3.8, 4) is 0 Å². The second-order valence-electron chi connectivity index (χ2n) is 7.87. The fourth-order valence-corrected chi connectivity index (χ4v) is 4.65. The number of amides is 1. The molecular weight excluding hydrogens is 290 g/mol. The summed E-state index contributed by atoms with van der Waals surface area (Å²) < 4.78 is 1.61. The molecule has 0 aromatic carbocycles. The number of nitrogens with zero attached hydrogens (tertiary/aromatic N) is 4. The first-order valence-corrected chi connectivity index (χ1v) is 8.32. The molecule has 1 amide bonds. The lowest BCUT2D eigenvalue weighted by Crippen LogP contribution is -2.47. The van der Waals surface area contributed by atoms with E-state index in [0.717, 1.165) is 12.1 Å². The maximum Gasteiger partial charge on any atom is 0.291 e. The van der Waals surface area contributed by atoms with Gasteiger partial charge in [0.2, 0.25) is 5.82 Å². The van der Waals surface area contributed by atoms with E-state index in [9.17, 15) is 4.79 Å². The Balaban J connectivity index is 1.60. The smallest absolute Gasteiger partial charge is 0.291 e. The lowest BCUT2D eigenvalue weighted by molar-refractivity contribution is 0.0817. The molecule has 0 saturated heterocycles. The molecule has 2 fully saturated rings. The number of carbonyl (C=O) groups excluding carboxylic acids is 1. The molecule has 2 heterocycles. The van der Waals surface area contributed by atoms with Gasteiger partial charge in [0.1, 0.15) is 0 Å². The van der Waals surface area contributed by atoms with Crippen LogP contribution in [0.15, 0.2) is 12.3 Å². The first kappa shape index (κ1) is 14.6. The average Bonchev–Trinajstić information content (AvgIpc) is 3.08. The summed E-state index contributed by atoms with van der Waals surface area (Å²) in [5.41, 5.74) is 1.34. The van der Waals surface area contributed by atoms with Crippen LogP contribution in [-0.4, -0.2) is 31.5 Å². The van der Waals surface area contributed by atoms with Gasteiger partial charge in [-0.25, -0.2) is 9.50 Å². The SMILES string of the molecule is Cc1ccnc2nc(C(=O)NC3CC4CCC3(C)C4(C)C)nn12. The van der Waals surface area contributed by atoms with Crippen molar-refractivity contribution in [2.24, 2.45) is 16.7 Å². The van der Waals surface area contributed by atoms with E-state index in [1.165, 1.54) is 12.8 Å². The Bertz CT molecular complexity index is 795. The fourth-order valence-electron chi connectivity index (χ4n) is 4.65. The molecule has 3 unspecified atom stereocenters. The normalized spacial score (nSPS) is 31.7. The number of aromatic nitrogens is 4. The van der Waals surface area contributed by atoms with E-state index in [-0.39, 0.29) is 28.6 Å². The van der Waals surface area contributed by atoms with Crippen molar-refractivity contribution in [3.63, 3.8) is 0 Å². The van der Waals surface area contributed by atoms with Crippen molar-refractivity contribution >= 4 is 11.7 Å². The van der Waals surface area contributed by atoms with Crippen LogP contribution in [0, 0.1) is 23.7 Å². The van der Waals surface area contributed by atoms with E-state index < -0.39 is 0 Å². The van der Waals surface area contributed by atoms with E-state index in [2.05, 4.69) is 41.2 Å². The van der Waals surface area contributed by atoms with Crippen LogP contribution in [0.25, 0.3) is 5.78 Å². The summed E-state index contributed by atoms with van der Waals surface area (Å²) >= 11 is 0. The van der Waals surface area contributed by atoms with E-state index in [0.29, 0.717) is 11.7 Å². The van der Waals surface area contributed by atoms with Gasteiger partial charge in [-0.05, 0) is 49.0 Å². The topological polar surface area (TPSA) is 72.2 Å². The summed E-state index contributed by atoms with van der Waals surface area (Å²) in [7, 11) is 0. The highest BCUT2D eigenvalue weighted by Gasteiger charge is 2.61. The van der Waals surface area contributed by atoms with Crippen LogP contribution >= 0.6 is 0 Å². The highest BCUT2D eigenvalue weighted by molar-refractivity contribution is 5.91. The average molecular weight is 313 g/mol. The van der Waals surface area contributed by atoms with Crippen molar-refractivity contribution in [2.45, 2.75) is 53.0 Å². The van der Waals surface area contributed by atoms with Crippen molar-refractivity contribution in [1.82, 2.24) is 24.9 Å². The summed E-state index contributed by atoms with van der Waals surface area (Å²) in [5, 5.41) is 7.50. The number of aryl methyl sites for hydroxylation is 1. The van der Waals surface area contributed by atoms with Crippen molar-refractivity contribution in [3.05, 3.63) is 23.8 Å². The molecule has 1 N–H and O–H groups in total. The predicted octanol–water partition coefficient (Wildman–Crippen LogP) is 2.38. The van der Waals surface area contributed by atoms with Gasteiger partial charge in [0.15, 0.2) is 0 Å². The number of rotatable bonds is 2. The molecule has 2 saturated carbocycles. The number of hydrogen-bond donors (Lipinski definition) is 1. The minimum atomic E-state index is -0.190. The first-order chi connectivity index (χ1) is 10.8. The molecule has 6 heteroatoms. The molecule has 23 heavy (non-hydrogen) atoms. The molecule has 122 valence electrons. The molecule has 2 aliphatic carbocycles. The van der Waals surface area contributed by atoms with Gasteiger partial charge in [0, 0.05) is 17.9 Å². The summed E-state index contributed by atoms with van der Waals surface area (Å²) in [6.07, 6.45) is 5.18. The van der Waals surface area contributed by atoms with Crippen LogP contribution in [0.2, 0.25) is 0 Å². The van der Waals surface area contributed by atoms with Crippen LogP contribution < -0.4 is 5.32 Å². The molecule has 2 bridgehead atoms. The maximum atomic E-state index is 12.6. The monoisotopic (exact) mass is 313 g/mol. The Morgan fingerprint density at radius 3 is 2.78 bits per heavy atom. The zero-order valence-corrected chi connectivity index (χ0v) is 14.1. The Kier molecular flexibility index (Phi) is 2.87. The molecule has 6 nitrogen and oxygen atoms in total. The van der Waals surface area contributed by atoms with E-state index in [1.807, 2.05) is 13.0 Å².